The van der Waals surface area contributed by atoms with Crippen molar-refractivity contribution in [1.82, 2.24) is 5.32 Å². The van der Waals surface area contributed by atoms with Gasteiger partial charge in [0.1, 0.15) is 0 Å². The summed E-state index contributed by atoms with van der Waals surface area (Å²) in [5.74, 6) is 0.959. The van der Waals surface area contributed by atoms with Crippen molar-refractivity contribution in [3.63, 3.8) is 0 Å². The summed E-state index contributed by atoms with van der Waals surface area (Å²) in [4.78, 5) is 0. The molecule has 1 aromatic rings. The van der Waals surface area contributed by atoms with Crippen LogP contribution >= 0.6 is 0 Å². The molecule has 88 valence electrons. The molecule has 2 rings (SSSR count). The minimum atomic E-state index is 0.488. The van der Waals surface area contributed by atoms with Crippen molar-refractivity contribution in [2.24, 2.45) is 5.92 Å². The van der Waals surface area contributed by atoms with Gasteiger partial charge in [-0.1, -0.05) is 43.7 Å². The third-order valence-corrected chi connectivity index (χ3v) is 3.90. The minimum Gasteiger partial charge on any atom is -0.307 e. The van der Waals surface area contributed by atoms with Crippen molar-refractivity contribution >= 4 is 0 Å². The Labute approximate surface area is 99.3 Å². The van der Waals surface area contributed by atoms with Crippen LogP contribution in [0.2, 0.25) is 0 Å². The van der Waals surface area contributed by atoms with E-state index in [0.717, 1.165) is 12.0 Å². The quantitative estimate of drug-likeness (QED) is 0.806. The molecule has 0 aliphatic heterocycles. The molecular weight excluding hydrogens is 194 g/mol. The van der Waals surface area contributed by atoms with Crippen molar-refractivity contribution in [3.05, 3.63) is 35.9 Å². The molecule has 0 radical (unpaired) electrons. The first-order chi connectivity index (χ1) is 7.79. The molecule has 0 aromatic heterocycles. The van der Waals surface area contributed by atoms with E-state index < -0.39 is 0 Å². The molecule has 16 heavy (non-hydrogen) atoms. The Morgan fingerprint density at radius 3 is 2.62 bits per heavy atom. The lowest BCUT2D eigenvalue weighted by Gasteiger charge is -2.20. The van der Waals surface area contributed by atoms with Crippen LogP contribution in [0.4, 0.5) is 0 Å². The topological polar surface area (TPSA) is 12.0 Å². The second-order valence-corrected chi connectivity index (χ2v) is 5.08. The lowest BCUT2D eigenvalue weighted by Crippen LogP contribution is -2.29. The van der Waals surface area contributed by atoms with Gasteiger partial charge in [0.25, 0.3) is 0 Å². The van der Waals surface area contributed by atoms with Crippen molar-refractivity contribution in [2.45, 2.75) is 51.6 Å². The number of rotatable bonds is 4. The first-order valence-corrected chi connectivity index (χ1v) is 6.60. The van der Waals surface area contributed by atoms with Gasteiger partial charge in [-0.3, -0.25) is 0 Å². The molecule has 1 fully saturated rings. The van der Waals surface area contributed by atoms with E-state index in [1.165, 1.54) is 31.2 Å². The van der Waals surface area contributed by atoms with Gasteiger partial charge in [-0.05, 0) is 37.7 Å². The van der Waals surface area contributed by atoms with E-state index in [4.69, 9.17) is 0 Å². The molecule has 1 N–H and O–H groups in total. The van der Waals surface area contributed by atoms with Crippen LogP contribution in [-0.2, 0) is 0 Å². The highest BCUT2D eigenvalue weighted by molar-refractivity contribution is 5.18. The highest BCUT2D eigenvalue weighted by Gasteiger charge is 2.24. The predicted molar refractivity (Wildman–Crippen MR) is 69.4 cm³/mol. The zero-order valence-corrected chi connectivity index (χ0v) is 10.4. The van der Waals surface area contributed by atoms with E-state index in [1.807, 2.05) is 0 Å². The molecular formula is C15H23N. The van der Waals surface area contributed by atoms with E-state index in [2.05, 4.69) is 49.5 Å². The summed E-state index contributed by atoms with van der Waals surface area (Å²) in [6.07, 6.45) is 5.48. The van der Waals surface area contributed by atoms with Gasteiger partial charge in [-0.25, -0.2) is 0 Å². The molecule has 1 aromatic carbocycles. The summed E-state index contributed by atoms with van der Waals surface area (Å²) in [6.45, 7) is 4.59. The van der Waals surface area contributed by atoms with Crippen LogP contribution in [0.25, 0.3) is 0 Å². The largest absolute Gasteiger partial charge is 0.307 e. The molecule has 3 atom stereocenters. The molecule has 3 unspecified atom stereocenters. The monoisotopic (exact) mass is 217 g/mol. The number of benzene rings is 1. The van der Waals surface area contributed by atoms with E-state index >= 15 is 0 Å². The fourth-order valence-corrected chi connectivity index (χ4v) is 2.79. The average Bonchev–Trinajstić information content (AvgIpc) is 2.78. The van der Waals surface area contributed by atoms with Gasteiger partial charge in [0, 0.05) is 12.1 Å². The first kappa shape index (κ1) is 11.7. The van der Waals surface area contributed by atoms with Crippen LogP contribution < -0.4 is 5.32 Å². The Hall–Kier alpha value is -0.820. The van der Waals surface area contributed by atoms with E-state index in [9.17, 15) is 0 Å². The molecule has 1 aliphatic carbocycles. The van der Waals surface area contributed by atoms with Gasteiger partial charge in [-0.15, -0.1) is 0 Å². The van der Waals surface area contributed by atoms with Gasteiger partial charge >= 0.3 is 0 Å². The molecule has 0 spiro atoms. The van der Waals surface area contributed by atoms with Crippen molar-refractivity contribution in [2.75, 3.05) is 0 Å². The van der Waals surface area contributed by atoms with Crippen LogP contribution in [0, 0.1) is 5.92 Å². The maximum atomic E-state index is 3.76. The van der Waals surface area contributed by atoms with Crippen LogP contribution in [0.15, 0.2) is 30.3 Å². The van der Waals surface area contributed by atoms with E-state index in [1.54, 1.807) is 0 Å². The highest BCUT2D eigenvalue weighted by Crippen LogP contribution is 2.29. The van der Waals surface area contributed by atoms with Gasteiger partial charge in [0.05, 0.1) is 0 Å². The Kier molecular flexibility index (Phi) is 4.00. The van der Waals surface area contributed by atoms with Gasteiger partial charge in [-0.2, -0.15) is 0 Å². The smallest absolute Gasteiger partial charge is 0.0294 e. The third-order valence-electron chi connectivity index (χ3n) is 3.90. The van der Waals surface area contributed by atoms with Gasteiger partial charge in [0.15, 0.2) is 0 Å². The van der Waals surface area contributed by atoms with Gasteiger partial charge in [0.2, 0.25) is 0 Å². The number of hydrogen-bond acceptors (Lipinski definition) is 1. The Balaban J connectivity index is 1.86. The van der Waals surface area contributed by atoms with Crippen molar-refractivity contribution in [1.29, 1.82) is 0 Å². The Morgan fingerprint density at radius 2 is 2.00 bits per heavy atom. The molecule has 0 bridgehead atoms. The highest BCUT2D eigenvalue weighted by atomic mass is 14.9. The van der Waals surface area contributed by atoms with Crippen LogP contribution in [0.5, 0.6) is 0 Å². The average molecular weight is 217 g/mol. The first-order valence-electron chi connectivity index (χ1n) is 6.60. The Morgan fingerprint density at radius 1 is 1.25 bits per heavy atom. The van der Waals surface area contributed by atoms with Crippen LogP contribution in [0.1, 0.15) is 51.1 Å². The summed E-state index contributed by atoms with van der Waals surface area (Å²) >= 11 is 0. The molecule has 1 nitrogen and oxygen atoms in total. The zero-order chi connectivity index (χ0) is 11.4. The lowest BCUT2D eigenvalue weighted by atomic mass is 10.0. The number of nitrogens with one attached hydrogen (secondary N) is 1. The fourth-order valence-electron chi connectivity index (χ4n) is 2.79. The van der Waals surface area contributed by atoms with E-state index in [-0.39, 0.29) is 0 Å². The van der Waals surface area contributed by atoms with E-state index in [0.29, 0.717) is 6.04 Å². The summed E-state index contributed by atoms with van der Waals surface area (Å²) in [5.41, 5.74) is 1.41. The Bertz CT molecular complexity index is 306. The summed E-state index contributed by atoms with van der Waals surface area (Å²) < 4.78 is 0. The minimum absolute atomic E-state index is 0.488. The second kappa shape index (κ2) is 5.49. The number of hydrogen-bond donors (Lipinski definition) is 1. The maximum Gasteiger partial charge on any atom is 0.0294 e. The SMILES string of the molecule is CCC1CCC(NC(C)c2ccccc2)C1. The standard InChI is InChI=1S/C15H23N/c1-3-13-9-10-15(11-13)16-12(2)14-7-5-4-6-8-14/h4-8,12-13,15-16H,3,9-11H2,1-2H3. The maximum absolute atomic E-state index is 3.76. The fraction of sp³-hybridized carbons (Fsp3) is 0.600. The lowest BCUT2D eigenvalue weighted by molar-refractivity contribution is 0.437. The summed E-state index contributed by atoms with van der Waals surface area (Å²) in [7, 11) is 0. The van der Waals surface area contributed by atoms with Crippen molar-refractivity contribution < 1.29 is 0 Å². The third kappa shape index (κ3) is 2.85. The summed E-state index contributed by atoms with van der Waals surface area (Å²) in [6, 6.07) is 12.0. The molecule has 0 saturated heterocycles. The normalized spacial score (nSPS) is 26.9. The van der Waals surface area contributed by atoms with Crippen molar-refractivity contribution in [3.8, 4) is 0 Å². The summed E-state index contributed by atoms with van der Waals surface area (Å²) in [5, 5.41) is 3.76. The molecule has 0 amide bonds. The molecule has 1 heteroatoms. The van der Waals surface area contributed by atoms with Crippen LogP contribution in [-0.4, -0.2) is 6.04 Å². The van der Waals surface area contributed by atoms with Gasteiger partial charge < -0.3 is 5.32 Å². The zero-order valence-electron chi connectivity index (χ0n) is 10.4. The van der Waals surface area contributed by atoms with Crippen LogP contribution in [0.3, 0.4) is 0 Å². The second-order valence-electron chi connectivity index (χ2n) is 5.08. The molecule has 1 saturated carbocycles. The predicted octanol–water partition coefficient (Wildman–Crippen LogP) is 3.92. The molecule has 0 heterocycles. The molecule has 1 aliphatic rings.